The van der Waals surface area contributed by atoms with Crippen LogP contribution in [0.4, 0.5) is 0 Å². The maximum atomic E-state index is 12.4. The minimum Gasteiger partial charge on any atom is -0.481 e. The topological polar surface area (TPSA) is 67.3 Å². The summed E-state index contributed by atoms with van der Waals surface area (Å²) in [6, 6.07) is 17.5. The molecule has 0 atom stereocenters. The molecule has 0 spiro atoms. The van der Waals surface area contributed by atoms with Gasteiger partial charge in [-0.25, -0.2) is 0 Å². The number of carboxylic acid groups (broad SMARTS) is 1. The summed E-state index contributed by atoms with van der Waals surface area (Å²) in [5, 5.41) is 9.88. The average Bonchev–Trinajstić information content (AvgIpc) is 2.68. The molecule has 0 aliphatic heterocycles. The third kappa shape index (κ3) is 5.09. The fourth-order valence-electron chi connectivity index (χ4n) is 3.21. The van der Waals surface area contributed by atoms with Gasteiger partial charge in [-0.1, -0.05) is 48.0 Å². The van der Waals surface area contributed by atoms with E-state index in [2.05, 4.69) is 4.98 Å². The van der Waals surface area contributed by atoms with E-state index in [0.717, 1.165) is 27.8 Å². The molecule has 1 N–H and O–H groups in total. The van der Waals surface area contributed by atoms with Crippen molar-refractivity contribution >= 4 is 23.4 Å². The quantitative estimate of drug-likeness (QED) is 0.547. The summed E-state index contributed by atoms with van der Waals surface area (Å²) < 4.78 is 0. The SMILES string of the molecule is CC(C)(CC(=O)Cc1cncc(-c2ccc(Cl)cc2-c2ccccc2)c1)C(=O)O. The molecule has 4 nitrogen and oxygen atoms in total. The molecule has 2 aromatic carbocycles. The van der Waals surface area contributed by atoms with Crippen LogP contribution >= 0.6 is 11.6 Å². The summed E-state index contributed by atoms with van der Waals surface area (Å²) in [4.78, 5) is 28.0. The fraction of sp³-hybridized carbons (Fsp3) is 0.208. The van der Waals surface area contributed by atoms with Crippen molar-refractivity contribution in [2.45, 2.75) is 26.7 Å². The number of halogens is 1. The Balaban J connectivity index is 1.91. The Morgan fingerprint density at radius 2 is 1.69 bits per heavy atom. The molecule has 3 rings (SSSR count). The van der Waals surface area contributed by atoms with Gasteiger partial charge < -0.3 is 5.11 Å². The van der Waals surface area contributed by atoms with Gasteiger partial charge in [0, 0.05) is 35.8 Å². The first-order valence-corrected chi connectivity index (χ1v) is 9.68. The zero-order chi connectivity index (χ0) is 21.0. The second-order valence-electron chi connectivity index (χ2n) is 7.72. The van der Waals surface area contributed by atoms with Gasteiger partial charge in [0.1, 0.15) is 5.78 Å². The minimum absolute atomic E-state index is 0.0250. The normalized spacial score (nSPS) is 11.3. The zero-order valence-corrected chi connectivity index (χ0v) is 17.1. The number of pyridine rings is 1. The summed E-state index contributed by atoms with van der Waals surface area (Å²) in [6.07, 6.45) is 3.52. The number of carbonyl (C=O) groups excluding carboxylic acids is 1. The van der Waals surface area contributed by atoms with Crippen LogP contribution in [-0.4, -0.2) is 21.8 Å². The van der Waals surface area contributed by atoms with E-state index in [0.29, 0.717) is 5.02 Å². The standard InChI is InChI=1S/C24H22ClNO3/c1-24(2,23(28)29)13-20(27)11-16-10-18(15-26-14-16)21-9-8-19(25)12-22(21)17-6-4-3-5-7-17/h3-10,12,14-15H,11,13H2,1-2H3,(H,28,29). The number of hydrogen-bond donors (Lipinski definition) is 1. The Morgan fingerprint density at radius 3 is 2.38 bits per heavy atom. The highest BCUT2D eigenvalue weighted by atomic mass is 35.5. The first-order chi connectivity index (χ1) is 13.8. The summed E-state index contributed by atoms with van der Waals surface area (Å²) in [6.45, 7) is 3.11. The monoisotopic (exact) mass is 407 g/mol. The average molecular weight is 408 g/mol. The number of aromatic nitrogens is 1. The number of ketones is 1. The smallest absolute Gasteiger partial charge is 0.309 e. The Morgan fingerprint density at radius 1 is 0.966 bits per heavy atom. The van der Waals surface area contributed by atoms with Gasteiger partial charge >= 0.3 is 5.97 Å². The molecule has 0 unspecified atom stereocenters. The van der Waals surface area contributed by atoms with Gasteiger partial charge in [-0.2, -0.15) is 0 Å². The van der Waals surface area contributed by atoms with Crippen LogP contribution in [-0.2, 0) is 16.0 Å². The maximum absolute atomic E-state index is 12.4. The number of Topliss-reactive ketones (excluding diaryl/α,β-unsaturated/α-hetero) is 1. The first-order valence-electron chi connectivity index (χ1n) is 9.30. The van der Waals surface area contributed by atoms with Crippen LogP contribution < -0.4 is 0 Å². The molecule has 5 heteroatoms. The van der Waals surface area contributed by atoms with Crippen molar-refractivity contribution in [1.29, 1.82) is 0 Å². The lowest BCUT2D eigenvalue weighted by Gasteiger charge is -2.17. The molecule has 1 heterocycles. The molecular weight excluding hydrogens is 386 g/mol. The van der Waals surface area contributed by atoms with E-state index in [4.69, 9.17) is 11.6 Å². The lowest BCUT2D eigenvalue weighted by atomic mass is 9.86. The predicted octanol–water partition coefficient (Wildman–Crippen LogP) is 5.68. The molecule has 0 bridgehead atoms. The van der Waals surface area contributed by atoms with Crippen LogP contribution in [0.5, 0.6) is 0 Å². The van der Waals surface area contributed by atoms with Crippen LogP contribution in [0.25, 0.3) is 22.3 Å². The van der Waals surface area contributed by atoms with E-state index in [-0.39, 0.29) is 18.6 Å². The van der Waals surface area contributed by atoms with Gasteiger partial charge in [-0.05, 0) is 54.3 Å². The van der Waals surface area contributed by atoms with Gasteiger partial charge in [-0.3, -0.25) is 14.6 Å². The van der Waals surface area contributed by atoms with E-state index < -0.39 is 11.4 Å². The molecule has 0 radical (unpaired) electrons. The molecule has 0 aliphatic carbocycles. The molecule has 29 heavy (non-hydrogen) atoms. The first kappa shape index (κ1) is 20.7. The highest BCUT2D eigenvalue weighted by Crippen LogP contribution is 2.34. The van der Waals surface area contributed by atoms with Crippen molar-refractivity contribution in [3.05, 3.63) is 77.6 Å². The molecule has 3 aromatic rings. The maximum Gasteiger partial charge on any atom is 0.309 e. The van der Waals surface area contributed by atoms with Gasteiger partial charge in [0.25, 0.3) is 0 Å². The van der Waals surface area contributed by atoms with Crippen molar-refractivity contribution in [2.24, 2.45) is 5.41 Å². The van der Waals surface area contributed by atoms with Gasteiger partial charge in [0.05, 0.1) is 5.41 Å². The third-order valence-corrected chi connectivity index (χ3v) is 5.03. The van der Waals surface area contributed by atoms with Crippen molar-refractivity contribution < 1.29 is 14.7 Å². The zero-order valence-electron chi connectivity index (χ0n) is 16.4. The Hall–Kier alpha value is -2.98. The van der Waals surface area contributed by atoms with Crippen molar-refractivity contribution in [3.63, 3.8) is 0 Å². The number of aliphatic carboxylic acids is 1. The van der Waals surface area contributed by atoms with Crippen LogP contribution in [0.2, 0.25) is 5.02 Å². The summed E-state index contributed by atoms with van der Waals surface area (Å²) in [7, 11) is 0. The summed E-state index contributed by atoms with van der Waals surface area (Å²) in [5.41, 5.74) is 3.53. The number of hydrogen-bond acceptors (Lipinski definition) is 3. The highest BCUT2D eigenvalue weighted by molar-refractivity contribution is 6.31. The molecule has 0 saturated carbocycles. The molecule has 1 aromatic heterocycles. The molecule has 0 fully saturated rings. The minimum atomic E-state index is -1.08. The van der Waals surface area contributed by atoms with Gasteiger partial charge in [0.2, 0.25) is 0 Å². The lowest BCUT2D eigenvalue weighted by Crippen LogP contribution is -2.27. The predicted molar refractivity (Wildman–Crippen MR) is 115 cm³/mol. The second kappa shape index (κ2) is 8.58. The largest absolute Gasteiger partial charge is 0.481 e. The molecule has 0 saturated heterocycles. The molecule has 0 aliphatic rings. The lowest BCUT2D eigenvalue weighted by molar-refractivity contribution is -0.149. The molecule has 0 amide bonds. The van der Waals surface area contributed by atoms with E-state index >= 15 is 0 Å². The van der Waals surface area contributed by atoms with Gasteiger partial charge in [0.15, 0.2) is 0 Å². The highest BCUT2D eigenvalue weighted by Gasteiger charge is 2.29. The van der Waals surface area contributed by atoms with Crippen molar-refractivity contribution in [2.75, 3.05) is 0 Å². The van der Waals surface area contributed by atoms with Crippen LogP contribution in [0, 0.1) is 5.41 Å². The van der Waals surface area contributed by atoms with E-state index in [1.165, 1.54) is 0 Å². The Bertz CT molecular complexity index is 1050. The Kier molecular flexibility index (Phi) is 6.14. The van der Waals surface area contributed by atoms with Crippen molar-refractivity contribution in [1.82, 2.24) is 4.98 Å². The number of carboxylic acids is 1. The van der Waals surface area contributed by atoms with E-state index in [9.17, 15) is 14.7 Å². The van der Waals surface area contributed by atoms with Crippen molar-refractivity contribution in [3.8, 4) is 22.3 Å². The van der Waals surface area contributed by atoms with E-state index in [1.807, 2.05) is 54.6 Å². The third-order valence-electron chi connectivity index (χ3n) is 4.79. The summed E-state index contributed by atoms with van der Waals surface area (Å²) in [5.74, 6) is -1.11. The summed E-state index contributed by atoms with van der Waals surface area (Å²) >= 11 is 6.23. The number of carbonyl (C=O) groups is 2. The molecular formula is C24H22ClNO3. The van der Waals surface area contributed by atoms with Crippen LogP contribution in [0.3, 0.4) is 0 Å². The number of benzene rings is 2. The number of rotatable bonds is 7. The van der Waals surface area contributed by atoms with Crippen LogP contribution in [0.1, 0.15) is 25.8 Å². The Labute approximate surface area is 175 Å². The molecule has 148 valence electrons. The fourth-order valence-corrected chi connectivity index (χ4v) is 3.39. The number of nitrogens with zero attached hydrogens (tertiary/aromatic N) is 1. The van der Waals surface area contributed by atoms with E-state index in [1.54, 1.807) is 26.2 Å². The van der Waals surface area contributed by atoms with Crippen LogP contribution in [0.15, 0.2) is 67.0 Å². The second-order valence-corrected chi connectivity index (χ2v) is 8.16. The van der Waals surface area contributed by atoms with Gasteiger partial charge in [-0.15, -0.1) is 0 Å².